The molecule has 6 nitrogen and oxygen atoms in total. The molecule has 3 saturated carbocycles. The Hall–Kier alpha value is -0.760. The fourth-order valence-corrected chi connectivity index (χ4v) is 10.3. The van der Waals surface area contributed by atoms with Gasteiger partial charge in [0.05, 0.1) is 12.7 Å². The van der Waals surface area contributed by atoms with E-state index in [9.17, 15) is 20.4 Å². The molecule has 14 atom stereocenters. The topological polar surface area (TPSA) is 99.4 Å². The molecule has 5 rings (SSSR count). The number of ether oxygens (including phenoxy) is 2. The number of hydrogen-bond acceptors (Lipinski definition) is 6. The van der Waals surface area contributed by atoms with Crippen LogP contribution in [0, 0.1) is 52.3 Å². The summed E-state index contributed by atoms with van der Waals surface area (Å²) in [7, 11) is 0. The Morgan fingerprint density at radius 2 is 1.73 bits per heavy atom. The van der Waals surface area contributed by atoms with Gasteiger partial charge in [-0.3, -0.25) is 0 Å². The SMILES string of the molecule is CC[C@H](/C=C/[C@@H](C)[C@H]1CC[C@@H]2[C@H]3CC=C4C[C@H](O[C@@H]5O[C@H](CO)[C@H](O)[C@H](O)[C@H]5O)CC[C@]4(C)[C@@H]3CC[C@@]21C)C(C)C. The van der Waals surface area contributed by atoms with Crippen LogP contribution in [0.4, 0.5) is 0 Å². The van der Waals surface area contributed by atoms with Crippen molar-refractivity contribution in [1.29, 1.82) is 0 Å². The molecule has 0 unspecified atom stereocenters. The van der Waals surface area contributed by atoms with E-state index in [0.29, 0.717) is 29.1 Å². The van der Waals surface area contributed by atoms with Crippen LogP contribution in [0.5, 0.6) is 0 Å². The highest BCUT2D eigenvalue weighted by Gasteiger charge is 2.59. The summed E-state index contributed by atoms with van der Waals surface area (Å²) in [5.41, 5.74) is 2.11. The summed E-state index contributed by atoms with van der Waals surface area (Å²) in [4.78, 5) is 0. The minimum atomic E-state index is -1.40. The van der Waals surface area contributed by atoms with E-state index in [1.54, 1.807) is 0 Å². The molecule has 0 aromatic heterocycles. The van der Waals surface area contributed by atoms with Crippen LogP contribution in [0.1, 0.15) is 99.3 Å². The van der Waals surface area contributed by atoms with E-state index in [2.05, 4.69) is 59.8 Å². The minimum absolute atomic E-state index is 0.109. The van der Waals surface area contributed by atoms with Gasteiger partial charge >= 0.3 is 0 Å². The van der Waals surface area contributed by atoms with Crippen molar-refractivity contribution in [3.63, 3.8) is 0 Å². The van der Waals surface area contributed by atoms with E-state index in [0.717, 1.165) is 43.4 Å². The summed E-state index contributed by atoms with van der Waals surface area (Å²) in [6, 6.07) is 0. The molecule has 0 bridgehead atoms. The van der Waals surface area contributed by atoms with Crippen LogP contribution in [0.25, 0.3) is 0 Å². The molecule has 1 heterocycles. The van der Waals surface area contributed by atoms with Gasteiger partial charge in [0.25, 0.3) is 0 Å². The van der Waals surface area contributed by atoms with Crippen LogP contribution >= 0.6 is 0 Å². The molecular formula is C35H58O6. The lowest BCUT2D eigenvalue weighted by atomic mass is 9.47. The van der Waals surface area contributed by atoms with E-state index in [1.165, 1.54) is 37.7 Å². The average molecular weight is 575 g/mol. The largest absolute Gasteiger partial charge is 0.394 e. The minimum Gasteiger partial charge on any atom is -0.394 e. The first kappa shape index (κ1) is 31.7. The van der Waals surface area contributed by atoms with Crippen molar-refractivity contribution in [2.75, 3.05) is 6.61 Å². The highest BCUT2D eigenvalue weighted by atomic mass is 16.7. The number of aliphatic hydroxyl groups excluding tert-OH is 4. The maximum atomic E-state index is 10.5. The van der Waals surface area contributed by atoms with Gasteiger partial charge in [-0.2, -0.15) is 0 Å². The Morgan fingerprint density at radius 1 is 0.976 bits per heavy atom. The van der Waals surface area contributed by atoms with Crippen LogP contribution in [0.2, 0.25) is 0 Å². The van der Waals surface area contributed by atoms with Crippen molar-refractivity contribution in [2.45, 2.75) is 136 Å². The average Bonchev–Trinajstić information content (AvgIpc) is 3.30. The van der Waals surface area contributed by atoms with E-state index in [4.69, 9.17) is 9.47 Å². The summed E-state index contributed by atoms with van der Waals surface area (Å²) in [6.45, 7) is 14.2. The standard InChI is InChI=1S/C35H58O6/c1-7-22(20(2)3)9-8-21(4)26-12-13-27-25-11-10-23-18-24(14-16-34(23,5)28(25)15-17-35(26,27)6)40-33-32(39)31(38)30(37)29(19-36)41-33/h8-10,20-22,24-33,36-39H,7,11-19H2,1-6H3/b9-8+/t21-,22-,24-,25-,26-,27-,28-,29-,30+,31+,32-,33-,34+,35-/m1/s1. The third kappa shape index (κ3) is 5.64. The molecule has 0 aromatic rings. The molecule has 4 N–H and O–H groups in total. The zero-order valence-electron chi connectivity index (χ0n) is 26.4. The van der Waals surface area contributed by atoms with Crippen LogP contribution in [-0.4, -0.2) is 63.8 Å². The quantitative estimate of drug-likeness (QED) is 0.281. The number of aliphatic hydroxyl groups is 4. The molecule has 6 heteroatoms. The van der Waals surface area contributed by atoms with Gasteiger partial charge in [-0.1, -0.05) is 65.3 Å². The number of allylic oxidation sites excluding steroid dienone is 3. The van der Waals surface area contributed by atoms with E-state index in [1.807, 2.05) is 0 Å². The third-order valence-electron chi connectivity index (χ3n) is 12.9. The predicted molar refractivity (Wildman–Crippen MR) is 161 cm³/mol. The smallest absolute Gasteiger partial charge is 0.186 e. The normalized spacial score (nSPS) is 47.9. The Labute approximate surface area is 248 Å². The molecule has 1 saturated heterocycles. The lowest BCUT2D eigenvalue weighted by molar-refractivity contribution is -0.313. The summed E-state index contributed by atoms with van der Waals surface area (Å²) in [6.07, 6.45) is 11.9. The molecule has 234 valence electrons. The maximum Gasteiger partial charge on any atom is 0.186 e. The maximum absolute atomic E-state index is 10.5. The molecule has 41 heavy (non-hydrogen) atoms. The second-order valence-corrected chi connectivity index (χ2v) is 15.2. The Bertz CT molecular complexity index is 960. The van der Waals surface area contributed by atoms with Gasteiger partial charge in [-0.05, 0) is 110 Å². The lowest BCUT2D eigenvalue weighted by Crippen LogP contribution is -2.60. The van der Waals surface area contributed by atoms with E-state index in [-0.39, 0.29) is 11.5 Å². The van der Waals surface area contributed by atoms with E-state index < -0.39 is 37.3 Å². The van der Waals surface area contributed by atoms with Gasteiger partial charge < -0.3 is 29.9 Å². The lowest BCUT2D eigenvalue weighted by Gasteiger charge is -2.58. The first-order valence-electron chi connectivity index (χ1n) is 16.8. The summed E-state index contributed by atoms with van der Waals surface area (Å²) in [5.74, 6) is 5.05. The number of fused-ring (bicyclic) bond motifs is 5. The highest BCUT2D eigenvalue weighted by molar-refractivity contribution is 5.25. The van der Waals surface area contributed by atoms with Gasteiger partial charge in [0.2, 0.25) is 0 Å². The van der Waals surface area contributed by atoms with Crippen LogP contribution in [0.3, 0.4) is 0 Å². The molecule has 4 aliphatic carbocycles. The molecule has 4 fully saturated rings. The first-order valence-corrected chi connectivity index (χ1v) is 16.8. The molecule has 0 spiro atoms. The van der Waals surface area contributed by atoms with Crippen LogP contribution in [0.15, 0.2) is 23.8 Å². The molecule has 1 aliphatic heterocycles. The Morgan fingerprint density at radius 3 is 2.41 bits per heavy atom. The zero-order valence-corrected chi connectivity index (χ0v) is 26.4. The molecule has 0 amide bonds. The van der Waals surface area contributed by atoms with Crippen LogP contribution in [-0.2, 0) is 9.47 Å². The van der Waals surface area contributed by atoms with Crippen molar-refractivity contribution >= 4 is 0 Å². The van der Waals surface area contributed by atoms with E-state index >= 15 is 0 Å². The zero-order chi connectivity index (χ0) is 29.7. The second kappa shape index (κ2) is 12.3. The molecular weight excluding hydrogens is 516 g/mol. The van der Waals surface area contributed by atoms with Crippen molar-refractivity contribution in [1.82, 2.24) is 0 Å². The fraction of sp³-hybridized carbons (Fsp3) is 0.886. The van der Waals surface area contributed by atoms with Crippen molar-refractivity contribution in [3.05, 3.63) is 23.8 Å². The van der Waals surface area contributed by atoms with Gasteiger partial charge in [0.1, 0.15) is 24.4 Å². The Balaban J connectivity index is 1.26. The van der Waals surface area contributed by atoms with Crippen LogP contribution < -0.4 is 0 Å². The third-order valence-corrected chi connectivity index (χ3v) is 12.9. The number of hydrogen-bond donors (Lipinski definition) is 4. The fourth-order valence-electron chi connectivity index (χ4n) is 10.3. The molecule has 5 aliphatic rings. The monoisotopic (exact) mass is 574 g/mol. The summed E-state index contributed by atoms with van der Waals surface area (Å²) >= 11 is 0. The van der Waals surface area contributed by atoms with Crippen molar-refractivity contribution in [2.24, 2.45) is 52.3 Å². The van der Waals surface area contributed by atoms with Gasteiger partial charge in [-0.25, -0.2) is 0 Å². The highest BCUT2D eigenvalue weighted by Crippen LogP contribution is 2.67. The van der Waals surface area contributed by atoms with Gasteiger partial charge in [0.15, 0.2) is 6.29 Å². The van der Waals surface area contributed by atoms with Crippen molar-refractivity contribution in [3.8, 4) is 0 Å². The number of rotatable bonds is 8. The molecule has 0 aromatic carbocycles. The predicted octanol–water partition coefficient (Wildman–Crippen LogP) is 5.63. The second-order valence-electron chi connectivity index (χ2n) is 15.2. The summed E-state index contributed by atoms with van der Waals surface area (Å²) in [5, 5.41) is 40.4. The van der Waals surface area contributed by atoms with Gasteiger partial charge in [0, 0.05) is 0 Å². The summed E-state index contributed by atoms with van der Waals surface area (Å²) < 4.78 is 11.9. The van der Waals surface area contributed by atoms with Crippen molar-refractivity contribution < 1.29 is 29.9 Å². The van der Waals surface area contributed by atoms with Gasteiger partial charge in [-0.15, -0.1) is 0 Å². The Kier molecular flexibility index (Phi) is 9.51. The molecule has 0 radical (unpaired) electrons. The first-order chi connectivity index (χ1) is 19.4.